The number of anilines is 1. The second-order valence-electron chi connectivity index (χ2n) is 5.79. The fourth-order valence-electron chi connectivity index (χ4n) is 2.62. The molecule has 7 heteroatoms. The van der Waals surface area contributed by atoms with Crippen LogP contribution in [0.15, 0.2) is 29.3 Å². The molecule has 0 aliphatic carbocycles. The van der Waals surface area contributed by atoms with Crippen LogP contribution >= 0.6 is 35.7 Å². The molecular formula is C19H27IN4OS. The van der Waals surface area contributed by atoms with E-state index in [-0.39, 0.29) is 36.4 Å². The van der Waals surface area contributed by atoms with Gasteiger partial charge >= 0.3 is 0 Å². The molecule has 2 N–H and O–H groups in total. The van der Waals surface area contributed by atoms with E-state index in [9.17, 15) is 4.79 Å². The zero-order valence-corrected chi connectivity index (χ0v) is 18.5. The summed E-state index contributed by atoms with van der Waals surface area (Å²) in [7, 11) is 0. The van der Waals surface area contributed by atoms with Crippen molar-refractivity contribution in [1.29, 1.82) is 0 Å². The monoisotopic (exact) mass is 486 g/mol. The summed E-state index contributed by atoms with van der Waals surface area (Å²) in [5.41, 5.74) is 1.44. The molecule has 5 nitrogen and oxygen atoms in total. The minimum absolute atomic E-state index is 0. The van der Waals surface area contributed by atoms with Gasteiger partial charge in [-0.3, -0.25) is 4.79 Å². The molecule has 1 aliphatic heterocycles. The zero-order valence-electron chi connectivity index (χ0n) is 15.3. The standard InChI is InChI=1S/C19H26N4OS.HI/c1-4-15-8-7-9-16(12-15)22-18(24)13-21-19(20-6-3)23-10-11-25-17(5-2)14-23;/h1,7-9,12,17H,5-6,10-11,13-14H2,2-3H3,(H,20,21)(H,22,24);1H. The van der Waals surface area contributed by atoms with Crippen molar-refractivity contribution >= 4 is 53.3 Å². The Bertz CT molecular complexity index is 659. The van der Waals surface area contributed by atoms with Crippen LogP contribution < -0.4 is 10.6 Å². The number of terminal acetylenes is 1. The lowest BCUT2D eigenvalue weighted by Crippen LogP contribution is -2.48. The number of guanidine groups is 1. The van der Waals surface area contributed by atoms with Crippen molar-refractivity contribution in [2.24, 2.45) is 4.99 Å². The van der Waals surface area contributed by atoms with Gasteiger partial charge in [-0.1, -0.05) is 18.9 Å². The molecule has 1 heterocycles. The lowest BCUT2D eigenvalue weighted by atomic mass is 10.2. The summed E-state index contributed by atoms with van der Waals surface area (Å²) in [5, 5.41) is 6.76. The molecule has 1 saturated heterocycles. The van der Waals surface area contributed by atoms with Crippen LogP contribution in [0.4, 0.5) is 5.69 Å². The molecule has 0 radical (unpaired) electrons. The summed E-state index contributed by atoms with van der Waals surface area (Å²) in [6.07, 6.45) is 6.53. The van der Waals surface area contributed by atoms with Crippen LogP contribution in [0.2, 0.25) is 0 Å². The predicted molar refractivity (Wildman–Crippen MR) is 123 cm³/mol. The quantitative estimate of drug-likeness (QED) is 0.291. The summed E-state index contributed by atoms with van der Waals surface area (Å²) in [5.74, 6) is 4.32. The van der Waals surface area contributed by atoms with Crippen LogP contribution in [0, 0.1) is 12.3 Å². The van der Waals surface area contributed by atoms with Gasteiger partial charge in [0.25, 0.3) is 0 Å². The number of halogens is 1. The van der Waals surface area contributed by atoms with Crippen LogP contribution in [-0.2, 0) is 4.79 Å². The normalized spacial score (nSPS) is 17.0. The van der Waals surface area contributed by atoms with Crippen molar-refractivity contribution in [2.75, 3.05) is 37.2 Å². The molecule has 1 amide bonds. The number of hydrogen-bond acceptors (Lipinski definition) is 3. The largest absolute Gasteiger partial charge is 0.357 e. The van der Waals surface area contributed by atoms with Crippen molar-refractivity contribution in [2.45, 2.75) is 25.5 Å². The lowest BCUT2D eigenvalue weighted by molar-refractivity contribution is -0.114. The number of thioether (sulfide) groups is 1. The SMILES string of the molecule is C#Cc1cccc(NC(=O)CN=C(NCC)N2CCSC(CC)C2)c1.I. The van der Waals surface area contributed by atoms with Crippen molar-refractivity contribution in [1.82, 2.24) is 10.2 Å². The van der Waals surface area contributed by atoms with E-state index in [1.807, 2.05) is 36.9 Å². The van der Waals surface area contributed by atoms with Gasteiger partial charge in [0.05, 0.1) is 0 Å². The van der Waals surface area contributed by atoms with Crippen molar-refractivity contribution in [3.8, 4) is 12.3 Å². The fourth-order valence-corrected chi connectivity index (χ4v) is 3.80. The molecule has 0 bridgehead atoms. The molecule has 1 atom stereocenters. The molecule has 1 fully saturated rings. The minimum Gasteiger partial charge on any atom is -0.357 e. The third kappa shape index (κ3) is 7.08. The maximum Gasteiger partial charge on any atom is 0.246 e. The average Bonchev–Trinajstić information content (AvgIpc) is 2.65. The van der Waals surface area contributed by atoms with E-state index >= 15 is 0 Å². The minimum atomic E-state index is -0.150. The third-order valence-electron chi connectivity index (χ3n) is 3.91. The smallest absolute Gasteiger partial charge is 0.246 e. The summed E-state index contributed by atoms with van der Waals surface area (Å²) < 4.78 is 0. The van der Waals surface area contributed by atoms with Crippen LogP contribution in [-0.4, -0.2) is 53.9 Å². The zero-order chi connectivity index (χ0) is 18.1. The van der Waals surface area contributed by atoms with E-state index in [0.29, 0.717) is 10.9 Å². The van der Waals surface area contributed by atoms with Gasteiger partial charge in [0.2, 0.25) is 5.91 Å². The second kappa shape index (κ2) is 12.1. The molecule has 26 heavy (non-hydrogen) atoms. The Labute approximate surface area is 177 Å². The van der Waals surface area contributed by atoms with Gasteiger partial charge in [0, 0.05) is 41.9 Å². The molecule has 0 saturated carbocycles. The van der Waals surface area contributed by atoms with Gasteiger partial charge in [-0.05, 0) is 31.5 Å². The number of amides is 1. The topological polar surface area (TPSA) is 56.7 Å². The maximum atomic E-state index is 12.2. The van der Waals surface area contributed by atoms with Crippen LogP contribution in [0.1, 0.15) is 25.8 Å². The van der Waals surface area contributed by atoms with E-state index in [1.165, 1.54) is 0 Å². The van der Waals surface area contributed by atoms with Crippen molar-refractivity contribution in [3.63, 3.8) is 0 Å². The number of nitrogens with zero attached hydrogens (tertiary/aromatic N) is 2. The molecule has 1 aliphatic rings. The highest BCUT2D eigenvalue weighted by Crippen LogP contribution is 2.21. The molecule has 1 aromatic carbocycles. The highest BCUT2D eigenvalue weighted by atomic mass is 127. The highest BCUT2D eigenvalue weighted by Gasteiger charge is 2.21. The summed E-state index contributed by atoms with van der Waals surface area (Å²) >= 11 is 2.01. The Kier molecular flexibility index (Phi) is 10.5. The molecule has 1 aromatic rings. The third-order valence-corrected chi connectivity index (χ3v) is 5.29. The summed E-state index contributed by atoms with van der Waals surface area (Å²) in [6, 6.07) is 7.26. The fraction of sp³-hybridized carbons (Fsp3) is 0.474. The number of rotatable bonds is 5. The molecule has 1 unspecified atom stereocenters. The van der Waals surface area contributed by atoms with Gasteiger partial charge in [-0.2, -0.15) is 11.8 Å². The second-order valence-corrected chi connectivity index (χ2v) is 7.20. The Hall–Kier alpha value is -1.40. The number of benzene rings is 1. The van der Waals surface area contributed by atoms with E-state index in [1.54, 1.807) is 6.07 Å². The van der Waals surface area contributed by atoms with E-state index in [2.05, 4.69) is 33.4 Å². The molecule has 142 valence electrons. The maximum absolute atomic E-state index is 12.2. The molecular weight excluding hydrogens is 459 g/mol. The first-order valence-electron chi connectivity index (χ1n) is 8.67. The number of carbonyl (C=O) groups excluding carboxylic acids is 1. The number of aliphatic imine (C=N–C) groups is 1. The van der Waals surface area contributed by atoms with Gasteiger partial charge in [0.15, 0.2) is 5.96 Å². The molecule has 0 aromatic heterocycles. The lowest BCUT2D eigenvalue weighted by Gasteiger charge is -2.34. The highest BCUT2D eigenvalue weighted by molar-refractivity contribution is 14.0. The molecule has 0 spiro atoms. The average molecular weight is 486 g/mol. The predicted octanol–water partition coefficient (Wildman–Crippen LogP) is 3.02. The number of nitrogens with one attached hydrogen (secondary N) is 2. The summed E-state index contributed by atoms with van der Waals surface area (Å²) in [6.45, 7) is 7.05. The van der Waals surface area contributed by atoms with Crippen molar-refractivity contribution < 1.29 is 4.79 Å². The van der Waals surface area contributed by atoms with Gasteiger partial charge in [0.1, 0.15) is 6.54 Å². The number of carbonyl (C=O) groups is 1. The van der Waals surface area contributed by atoms with Crippen LogP contribution in [0.3, 0.4) is 0 Å². The van der Waals surface area contributed by atoms with Crippen LogP contribution in [0.25, 0.3) is 0 Å². The Morgan fingerprint density at radius 1 is 1.46 bits per heavy atom. The van der Waals surface area contributed by atoms with Gasteiger partial charge in [-0.15, -0.1) is 30.4 Å². The van der Waals surface area contributed by atoms with E-state index < -0.39 is 0 Å². The number of hydrogen-bond donors (Lipinski definition) is 2. The van der Waals surface area contributed by atoms with Gasteiger partial charge < -0.3 is 15.5 Å². The Morgan fingerprint density at radius 3 is 2.96 bits per heavy atom. The van der Waals surface area contributed by atoms with Crippen molar-refractivity contribution in [3.05, 3.63) is 29.8 Å². The van der Waals surface area contributed by atoms with Gasteiger partial charge in [-0.25, -0.2) is 4.99 Å². The Morgan fingerprint density at radius 2 is 2.27 bits per heavy atom. The Balaban J connectivity index is 0.00000338. The first kappa shape index (κ1) is 22.6. The first-order chi connectivity index (χ1) is 12.2. The summed E-state index contributed by atoms with van der Waals surface area (Å²) in [4.78, 5) is 19.0. The van der Waals surface area contributed by atoms with E-state index in [0.717, 1.165) is 43.3 Å². The van der Waals surface area contributed by atoms with E-state index in [4.69, 9.17) is 6.42 Å². The van der Waals surface area contributed by atoms with Crippen LogP contribution in [0.5, 0.6) is 0 Å². The first-order valence-corrected chi connectivity index (χ1v) is 9.72. The molecule has 2 rings (SSSR count).